The standard InChI is InChI=1S/C17H19FO2/c1-4-12-8-10-13(11-9-12)17(2,19)14-6-5-7-15(20-3)16(14)18/h5-11,19H,4H2,1-3H3. The van der Waals surface area contributed by atoms with Gasteiger partial charge in [0.05, 0.1) is 7.11 Å². The summed E-state index contributed by atoms with van der Waals surface area (Å²) in [6.45, 7) is 3.65. The van der Waals surface area contributed by atoms with Gasteiger partial charge in [0.2, 0.25) is 0 Å². The van der Waals surface area contributed by atoms with Gasteiger partial charge in [-0.3, -0.25) is 0 Å². The quantitative estimate of drug-likeness (QED) is 0.922. The van der Waals surface area contributed by atoms with E-state index in [0.29, 0.717) is 5.56 Å². The van der Waals surface area contributed by atoms with Crippen LogP contribution >= 0.6 is 0 Å². The van der Waals surface area contributed by atoms with E-state index in [1.807, 2.05) is 24.3 Å². The third-order valence-corrected chi connectivity index (χ3v) is 3.63. The summed E-state index contributed by atoms with van der Waals surface area (Å²) in [5.41, 5.74) is 0.642. The Hall–Kier alpha value is -1.87. The van der Waals surface area contributed by atoms with E-state index >= 15 is 0 Å². The van der Waals surface area contributed by atoms with Crippen LogP contribution in [0.5, 0.6) is 5.75 Å². The summed E-state index contributed by atoms with van der Waals surface area (Å²) >= 11 is 0. The zero-order valence-electron chi connectivity index (χ0n) is 12.0. The van der Waals surface area contributed by atoms with Crippen molar-refractivity contribution in [1.29, 1.82) is 0 Å². The molecule has 0 heterocycles. The molecule has 0 amide bonds. The van der Waals surface area contributed by atoms with E-state index < -0.39 is 11.4 Å². The van der Waals surface area contributed by atoms with E-state index in [1.165, 1.54) is 18.7 Å². The van der Waals surface area contributed by atoms with Crippen LogP contribution in [0.3, 0.4) is 0 Å². The van der Waals surface area contributed by atoms with Crippen LogP contribution in [-0.4, -0.2) is 12.2 Å². The molecule has 2 nitrogen and oxygen atoms in total. The minimum absolute atomic E-state index is 0.132. The van der Waals surface area contributed by atoms with Crippen LogP contribution in [0.1, 0.15) is 30.5 Å². The predicted octanol–water partition coefficient (Wildman–Crippen LogP) is 3.65. The lowest BCUT2D eigenvalue weighted by molar-refractivity contribution is 0.0972. The van der Waals surface area contributed by atoms with Gasteiger partial charge in [-0.15, -0.1) is 0 Å². The summed E-state index contributed by atoms with van der Waals surface area (Å²) in [4.78, 5) is 0. The van der Waals surface area contributed by atoms with Gasteiger partial charge in [0.15, 0.2) is 11.6 Å². The fraction of sp³-hybridized carbons (Fsp3) is 0.294. The van der Waals surface area contributed by atoms with Crippen molar-refractivity contribution in [3.8, 4) is 5.75 Å². The zero-order chi connectivity index (χ0) is 14.8. The molecule has 0 radical (unpaired) electrons. The number of hydrogen-bond acceptors (Lipinski definition) is 2. The van der Waals surface area contributed by atoms with Gasteiger partial charge in [0.1, 0.15) is 5.60 Å². The molecule has 0 spiro atoms. The van der Waals surface area contributed by atoms with Crippen LogP contribution in [0.25, 0.3) is 0 Å². The van der Waals surface area contributed by atoms with Gasteiger partial charge in [-0.1, -0.05) is 43.3 Å². The molecule has 106 valence electrons. The number of methoxy groups -OCH3 is 1. The topological polar surface area (TPSA) is 29.5 Å². The molecule has 0 aliphatic rings. The summed E-state index contributed by atoms with van der Waals surface area (Å²) in [5.74, 6) is -0.396. The van der Waals surface area contributed by atoms with E-state index in [9.17, 15) is 9.50 Å². The molecule has 2 aromatic rings. The molecule has 2 aromatic carbocycles. The highest BCUT2D eigenvalue weighted by atomic mass is 19.1. The number of halogens is 1. The van der Waals surface area contributed by atoms with E-state index in [-0.39, 0.29) is 11.3 Å². The Morgan fingerprint density at radius 2 is 1.80 bits per heavy atom. The van der Waals surface area contributed by atoms with Crippen molar-refractivity contribution in [2.45, 2.75) is 25.9 Å². The average molecular weight is 274 g/mol. The van der Waals surface area contributed by atoms with Crippen LogP contribution in [0.4, 0.5) is 4.39 Å². The second kappa shape index (κ2) is 5.63. The van der Waals surface area contributed by atoms with E-state index in [0.717, 1.165) is 6.42 Å². The van der Waals surface area contributed by atoms with E-state index in [2.05, 4.69) is 6.92 Å². The van der Waals surface area contributed by atoms with Gasteiger partial charge < -0.3 is 9.84 Å². The van der Waals surface area contributed by atoms with Crippen LogP contribution in [0, 0.1) is 5.82 Å². The molecule has 0 fully saturated rings. The number of ether oxygens (including phenoxy) is 1. The molecular formula is C17H19FO2. The second-order valence-corrected chi connectivity index (χ2v) is 4.94. The first-order valence-electron chi connectivity index (χ1n) is 6.65. The molecule has 0 saturated carbocycles. The second-order valence-electron chi connectivity index (χ2n) is 4.94. The van der Waals surface area contributed by atoms with Crippen molar-refractivity contribution in [3.63, 3.8) is 0 Å². The highest BCUT2D eigenvalue weighted by Gasteiger charge is 2.30. The predicted molar refractivity (Wildman–Crippen MR) is 77.4 cm³/mol. The van der Waals surface area contributed by atoms with Gasteiger partial charge >= 0.3 is 0 Å². The third-order valence-electron chi connectivity index (χ3n) is 3.63. The summed E-state index contributed by atoms with van der Waals surface area (Å²) in [6, 6.07) is 12.3. The molecule has 3 heteroatoms. The molecule has 1 N–H and O–H groups in total. The van der Waals surface area contributed by atoms with Crippen LogP contribution in [-0.2, 0) is 12.0 Å². The minimum atomic E-state index is -1.40. The number of rotatable bonds is 4. The van der Waals surface area contributed by atoms with Crippen molar-refractivity contribution in [2.75, 3.05) is 7.11 Å². The molecule has 0 bridgehead atoms. The Morgan fingerprint density at radius 3 is 2.35 bits per heavy atom. The summed E-state index contributed by atoms with van der Waals surface area (Å²) in [6.07, 6.45) is 0.927. The Bertz CT molecular complexity index is 588. The van der Waals surface area contributed by atoms with Gasteiger partial charge in [-0.05, 0) is 30.5 Å². The monoisotopic (exact) mass is 274 g/mol. The molecule has 0 aromatic heterocycles. The number of benzene rings is 2. The third kappa shape index (κ3) is 2.54. The van der Waals surface area contributed by atoms with Gasteiger partial charge in [0.25, 0.3) is 0 Å². The van der Waals surface area contributed by atoms with Crippen molar-refractivity contribution >= 4 is 0 Å². The molecule has 0 aliphatic heterocycles. The Morgan fingerprint density at radius 1 is 1.15 bits per heavy atom. The normalized spacial score (nSPS) is 13.8. The smallest absolute Gasteiger partial charge is 0.171 e. The first-order valence-corrected chi connectivity index (χ1v) is 6.65. The first kappa shape index (κ1) is 14.5. The van der Waals surface area contributed by atoms with Crippen LogP contribution in [0.2, 0.25) is 0 Å². The van der Waals surface area contributed by atoms with Crippen molar-refractivity contribution in [1.82, 2.24) is 0 Å². The zero-order valence-corrected chi connectivity index (χ0v) is 12.0. The average Bonchev–Trinajstić information content (AvgIpc) is 2.47. The summed E-state index contributed by atoms with van der Waals surface area (Å²) in [5, 5.41) is 10.7. The Kier molecular flexibility index (Phi) is 4.09. The van der Waals surface area contributed by atoms with Crippen molar-refractivity contribution in [2.24, 2.45) is 0 Å². The largest absolute Gasteiger partial charge is 0.494 e. The maximum Gasteiger partial charge on any atom is 0.171 e. The fourth-order valence-corrected chi connectivity index (χ4v) is 2.26. The Labute approximate surface area is 118 Å². The minimum Gasteiger partial charge on any atom is -0.494 e. The number of aliphatic hydroxyl groups is 1. The van der Waals surface area contributed by atoms with Gasteiger partial charge in [-0.25, -0.2) is 4.39 Å². The van der Waals surface area contributed by atoms with Crippen molar-refractivity contribution < 1.29 is 14.2 Å². The molecule has 2 rings (SSSR count). The summed E-state index contributed by atoms with van der Waals surface area (Å²) < 4.78 is 19.3. The Balaban J connectivity index is 2.48. The molecule has 1 atom stereocenters. The fourth-order valence-electron chi connectivity index (χ4n) is 2.26. The van der Waals surface area contributed by atoms with E-state index in [4.69, 9.17) is 4.74 Å². The lowest BCUT2D eigenvalue weighted by Crippen LogP contribution is -2.24. The number of hydrogen-bond donors (Lipinski definition) is 1. The van der Waals surface area contributed by atoms with Gasteiger partial charge in [0, 0.05) is 5.56 Å². The first-order chi connectivity index (χ1) is 9.50. The molecule has 20 heavy (non-hydrogen) atoms. The van der Waals surface area contributed by atoms with Crippen molar-refractivity contribution in [3.05, 3.63) is 65.0 Å². The molecule has 0 saturated heterocycles. The maximum atomic E-state index is 14.3. The highest BCUT2D eigenvalue weighted by molar-refractivity contribution is 5.41. The molecule has 1 unspecified atom stereocenters. The van der Waals surface area contributed by atoms with Crippen LogP contribution in [0.15, 0.2) is 42.5 Å². The molecular weight excluding hydrogens is 255 g/mol. The van der Waals surface area contributed by atoms with Gasteiger partial charge in [-0.2, -0.15) is 0 Å². The lowest BCUT2D eigenvalue weighted by atomic mass is 9.87. The number of aryl methyl sites for hydroxylation is 1. The van der Waals surface area contributed by atoms with E-state index in [1.54, 1.807) is 19.1 Å². The summed E-state index contributed by atoms with van der Waals surface area (Å²) in [7, 11) is 1.41. The van der Waals surface area contributed by atoms with Crippen LogP contribution < -0.4 is 4.74 Å². The maximum absolute atomic E-state index is 14.3. The lowest BCUT2D eigenvalue weighted by Gasteiger charge is -2.25. The highest BCUT2D eigenvalue weighted by Crippen LogP contribution is 2.34. The molecule has 0 aliphatic carbocycles. The SMILES string of the molecule is CCc1ccc(C(C)(O)c2cccc(OC)c2F)cc1.